The lowest BCUT2D eigenvalue weighted by molar-refractivity contribution is -0.137. The number of methoxy groups -OCH3 is 1. The number of carboxylic acids is 1. The Labute approximate surface area is 162 Å². The highest BCUT2D eigenvalue weighted by Crippen LogP contribution is 2.32. The van der Waals surface area contributed by atoms with Crippen molar-refractivity contribution in [3.8, 4) is 11.3 Å². The minimum atomic E-state index is -0.865. The average molecular weight is 387 g/mol. The predicted molar refractivity (Wildman–Crippen MR) is 105 cm³/mol. The van der Waals surface area contributed by atoms with Gasteiger partial charge in [0, 0.05) is 23.0 Å². The van der Waals surface area contributed by atoms with Crippen molar-refractivity contribution in [3.05, 3.63) is 30.2 Å². The average Bonchev–Trinajstić information content (AvgIpc) is 3.14. The van der Waals surface area contributed by atoms with Crippen molar-refractivity contribution in [3.63, 3.8) is 0 Å². The number of nitrogens with one attached hydrogen (secondary N) is 3. The molecule has 2 atom stereocenters. The van der Waals surface area contributed by atoms with Gasteiger partial charge in [-0.2, -0.15) is 0 Å². The van der Waals surface area contributed by atoms with Gasteiger partial charge in [0.1, 0.15) is 5.82 Å². The van der Waals surface area contributed by atoms with Crippen LogP contribution in [0.25, 0.3) is 11.3 Å². The molecule has 2 aromatic rings. The van der Waals surface area contributed by atoms with Crippen molar-refractivity contribution in [2.24, 2.45) is 5.73 Å². The summed E-state index contributed by atoms with van der Waals surface area (Å²) in [5, 5.41) is 15.2. The van der Waals surface area contributed by atoms with Gasteiger partial charge >= 0.3 is 12.1 Å². The molecule has 1 amide bonds. The molecule has 3 rings (SSSR count). The number of amides is 1. The number of aromatic nitrogens is 2. The Morgan fingerprint density at radius 2 is 2.14 bits per heavy atom. The third-order valence-corrected chi connectivity index (χ3v) is 4.79. The van der Waals surface area contributed by atoms with E-state index in [1.165, 1.54) is 7.11 Å². The number of nitrogens with zero attached hydrogens (tertiary/aromatic N) is 1. The van der Waals surface area contributed by atoms with Gasteiger partial charge in [-0.25, -0.2) is 9.78 Å². The maximum atomic E-state index is 11.5. The summed E-state index contributed by atoms with van der Waals surface area (Å²) in [5.41, 5.74) is 9.05. The Kier molecular flexibility index (Phi) is 6.15. The number of nitrogens with two attached hydrogens (primary N) is 1. The minimum Gasteiger partial charge on any atom is -0.481 e. The topological polar surface area (TPSA) is 142 Å². The van der Waals surface area contributed by atoms with Gasteiger partial charge < -0.3 is 25.9 Å². The summed E-state index contributed by atoms with van der Waals surface area (Å²) in [5.74, 6) is -0.143. The molecule has 150 valence electrons. The van der Waals surface area contributed by atoms with E-state index in [1.807, 2.05) is 6.07 Å². The number of carbonyl (C=O) groups excluding carboxylic acids is 1. The number of imidazole rings is 1. The number of carbonyl (C=O) groups is 2. The molecule has 1 aliphatic heterocycles. The molecular formula is C19H25N5O4. The molecule has 0 spiro atoms. The third kappa shape index (κ3) is 4.80. The molecule has 0 aliphatic carbocycles. The van der Waals surface area contributed by atoms with E-state index in [4.69, 9.17) is 5.73 Å². The molecule has 1 aromatic carbocycles. The van der Waals surface area contributed by atoms with Gasteiger partial charge in [0.25, 0.3) is 0 Å². The second-order valence-electron chi connectivity index (χ2n) is 6.89. The minimum absolute atomic E-state index is 0.00558. The third-order valence-electron chi connectivity index (χ3n) is 4.79. The molecule has 0 radical (unpaired) electrons. The number of rotatable bonds is 3. The molecule has 6 N–H and O–H groups in total. The number of benzene rings is 1. The number of ether oxygens (including phenoxy) is 1. The fourth-order valence-corrected chi connectivity index (χ4v) is 3.35. The molecular weight excluding hydrogens is 362 g/mol. The summed E-state index contributed by atoms with van der Waals surface area (Å²) >= 11 is 0. The number of hydrogen-bond acceptors (Lipinski definition) is 6. The summed E-state index contributed by atoms with van der Waals surface area (Å²) in [6, 6.07) is 4.90. The molecule has 28 heavy (non-hydrogen) atoms. The maximum absolute atomic E-state index is 11.5. The summed E-state index contributed by atoms with van der Waals surface area (Å²) < 4.78 is 4.64. The summed E-state index contributed by atoms with van der Waals surface area (Å²) in [4.78, 5) is 30.5. The summed E-state index contributed by atoms with van der Waals surface area (Å²) in [6.45, 7) is 0. The van der Waals surface area contributed by atoms with Gasteiger partial charge in [-0.05, 0) is 31.0 Å². The van der Waals surface area contributed by atoms with Crippen LogP contribution in [0.4, 0.5) is 16.2 Å². The first-order valence-electron chi connectivity index (χ1n) is 9.24. The van der Waals surface area contributed by atoms with Crippen LogP contribution in [0.1, 0.15) is 44.0 Å². The van der Waals surface area contributed by atoms with Crippen molar-refractivity contribution in [1.82, 2.24) is 9.97 Å². The zero-order valence-corrected chi connectivity index (χ0v) is 15.7. The Hall–Kier alpha value is -3.07. The number of hydrogen-bond donors (Lipinski definition) is 5. The van der Waals surface area contributed by atoms with E-state index < -0.39 is 12.1 Å². The molecule has 1 aromatic heterocycles. The van der Waals surface area contributed by atoms with Gasteiger partial charge in [0.2, 0.25) is 0 Å². The van der Waals surface area contributed by atoms with Crippen molar-refractivity contribution in [1.29, 1.82) is 0 Å². The number of anilines is 2. The molecule has 0 unspecified atom stereocenters. The first kappa shape index (κ1) is 19.7. The quantitative estimate of drug-likeness (QED) is 0.544. The van der Waals surface area contributed by atoms with Crippen LogP contribution in [0.3, 0.4) is 0 Å². The lowest BCUT2D eigenvalue weighted by Gasteiger charge is -2.22. The lowest BCUT2D eigenvalue weighted by Crippen LogP contribution is -2.24. The zero-order chi connectivity index (χ0) is 20.1. The van der Waals surface area contributed by atoms with Crippen molar-refractivity contribution < 1.29 is 19.4 Å². The van der Waals surface area contributed by atoms with Crippen LogP contribution in [0.15, 0.2) is 24.4 Å². The normalized spacial score (nSPS) is 19.4. The summed E-state index contributed by atoms with van der Waals surface area (Å²) in [7, 11) is 1.29. The van der Waals surface area contributed by atoms with Crippen LogP contribution in [0.2, 0.25) is 0 Å². The standard InChI is InChI=1S/C19H25N5O4/c1-28-19(27)23-12-6-7-13-15(8-12)22-11(9-17(25)26)4-2-3-5-14(20)18-21-10-16(13)24-18/h6-8,10-11,14,22H,2-5,9,20H2,1H3,(H,21,24)(H,23,27)(H,25,26)/t11-,14+/m1/s1. The SMILES string of the molecule is COC(=O)Nc1ccc2c(c1)N[C@@H](CC(=O)O)CCCC[C@H](N)c1ncc-2[nH]1. The number of carboxylic acid groups (broad SMARTS) is 1. The first-order valence-corrected chi connectivity index (χ1v) is 9.24. The number of fused-ring (bicyclic) bond motifs is 4. The first-order chi connectivity index (χ1) is 13.5. The smallest absolute Gasteiger partial charge is 0.411 e. The second kappa shape index (κ2) is 8.75. The fourth-order valence-electron chi connectivity index (χ4n) is 3.35. The lowest BCUT2D eigenvalue weighted by atomic mass is 10.0. The molecule has 2 bridgehead atoms. The van der Waals surface area contributed by atoms with Crippen LogP contribution in [0, 0.1) is 0 Å². The van der Waals surface area contributed by atoms with Gasteiger partial charge in [-0.1, -0.05) is 12.8 Å². The van der Waals surface area contributed by atoms with E-state index in [1.54, 1.807) is 18.3 Å². The maximum Gasteiger partial charge on any atom is 0.411 e. The van der Waals surface area contributed by atoms with Gasteiger partial charge in [-0.15, -0.1) is 0 Å². The Morgan fingerprint density at radius 1 is 1.36 bits per heavy atom. The van der Waals surface area contributed by atoms with Gasteiger partial charge in [0.15, 0.2) is 0 Å². The molecule has 9 heteroatoms. The van der Waals surface area contributed by atoms with Gasteiger partial charge in [-0.3, -0.25) is 10.1 Å². The van der Waals surface area contributed by atoms with Crippen molar-refractivity contribution in [2.75, 3.05) is 17.7 Å². The number of aliphatic carboxylic acids is 1. The molecule has 0 saturated heterocycles. The Morgan fingerprint density at radius 3 is 2.89 bits per heavy atom. The highest BCUT2D eigenvalue weighted by molar-refractivity contribution is 5.88. The van der Waals surface area contributed by atoms with Crippen LogP contribution in [0.5, 0.6) is 0 Å². The van der Waals surface area contributed by atoms with E-state index in [9.17, 15) is 14.7 Å². The highest BCUT2D eigenvalue weighted by Gasteiger charge is 2.19. The van der Waals surface area contributed by atoms with E-state index in [0.29, 0.717) is 17.8 Å². The molecule has 2 heterocycles. The molecule has 1 aliphatic rings. The zero-order valence-electron chi connectivity index (χ0n) is 15.7. The molecule has 9 nitrogen and oxygen atoms in total. The van der Waals surface area contributed by atoms with E-state index in [-0.39, 0.29) is 18.5 Å². The van der Waals surface area contributed by atoms with Crippen molar-refractivity contribution in [2.45, 2.75) is 44.2 Å². The van der Waals surface area contributed by atoms with Crippen LogP contribution in [-0.4, -0.2) is 40.3 Å². The van der Waals surface area contributed by atoms with E-state index in [0.717, 1.165) is 36.3 Å². The number of H-pyrrole nitrogens is 1. The Bertz CT molecular complexity index is 851. The predicted octanol–water partition coefficient (Wildman–Crippen LogP) is 3.08. The monoisotopic (exact) mass is 387 g/mol. The Balaban J connectivity index is 2.01. The largest absolute Gasteiger partial charge is 0.481 e. The van der Waals surface area contributed by atoms with Crippen LogP contribution in [-0.2, 0) is 9.53 Å². The highest BCUT2D eigenvalue weighted by atomic mass is 16.5. The molecule has 0 fully saturated rings. The van der Waals surface area contributed by atoms with Crippen LogP contribution < -0.4 is 16.4 Å². The number of aromatic amines is 1. The summed E-state index contributed by atoms with van der Waals surface area (Å²) in [6.07, 6.45) is 4.34. The van der Waals surface area contributed by atoms with Gasteiger partial charge in [0.05, 0.1) is 31.5 Å². The second-order valence-corrected chi connectivity index (χ2v) is 6.89. The van der Waals surface area contributed by atoms with E-state index >= 15 is 0 Å². The van der Waals surface area contributed by atoms with Crippen molar-refractivity contribution >= 4 is 23.4 Å². The van der Waals surface area contributed by atoms with E-state index in [2.05, 4.69) is 25.3 Å². The fraction of sp³-hybridized carbons (Fsp3) is 0.421. The molecule has 0 saturated carbocycles. The van der Waals surface area contributed by atoms with Crippen LogP contribution >= 0.6 is 0 Å².